The predicted molar refractivity (Wildman–Crippen MR) is 73.3 cm³/mol. The van der Waals surface area contributed by atoms with Crippen molar-refractivity contribution < 1.29 is 0 Å². The Morgan fingerprint density at radius 2 is 1.93 bits per heavy atom. The van der Waals surface area contributed by atoms with E-state index in [1.807, 2.05) is 7.05 Å². The van der Waals surface area contributed by atoms with Crippen molar-refractivity contribution in [3.63, 3.8) is 0 Å². The van der Waals surface area contributed by atoms with Gasteiger partial charge in [0.05, 0.1) is 0 Å². The molecule has 0 amide bonds. The minimum Gasteiger partial charge on any atom is -0.319 e. The molecule has 0 aromatic heterocycles. The molecule has 0 fully saturated rings. The first kappa shape index (κ1) is 14.6. The highest BCUT2D eigenvalue weighted by atomic mass is 127. The third kappa shape index (κ3) is 8.00. The van der Waals surface area contributed by atoms with E-state index in [-0.39, 0.29) is 0 Å². The van der Waals surface area contributed by atoms with Crippen LogP contribution in [0.5, 0.6) is 0 Å². The molecule has 0 aromatic rings. The Labute approximate surface area is 103 Å². The van der Waals surface area contributed by atoms with Gasteiger partial charge in [-0.3, -0.25) is 0 Å². The van der Waals surface area contributed by atoms with Crippen molar-refractivity contribution in [2.45, 2.75) is 37.5 Å². The molecule has 0 rings (SSSR count). The van der Waals surface area contributed by atoms with Gasteiger partial charge in [0, 0.05) is 17.0 Å². The maximum absolute atomic E-state index is 3.51. The lowest BCUT2D eigenvalue weighted by Gasteiger charge is -2.22. The van der Waals surface area contributed by atoms with Crippen molar-refractivity contribution in [2.24, 2.45) is 5.41 Å². The maximum atomic E-state index is 3.51. The predicted octanol–water partition coefficient (Wildman–Crippen LogP) is 2.43. The summed E-state index contributed by atoms with van der Waals surface area (Å²) in [6.07, 6.45) is 2.53. The van der Waals surface area contributed by atoms with E-state index in [9.17, 15) is 0 Å². The zero-order valence-electron chi connectivity index (χ0n) is 9.99. The van der Waals surface area contributed by atoms with Crippen LogP contribution in [0.15, 0.2) is 0 Å². The molecular weight excluding hydrogens is 287 g/mol. The molecule has 0 saturated heterocycles. The quantitative estimate of drug-likeness (QED) is 0.409. The van der Waals surface area contributed by atoms with Gasteiger partial charge in [0.25, 0.3) is 0 Å². The summed E-state index contributed by atoms with van der Waals surface area (Å²) < 4.78 is 0.697. The lowest BCUT2D eigenvalue weighted by molar-refractivity contribution is 0.316. The van der Waals surface area contributed by atoms with Crippen LogP contribution in [-0.2, 0) is 0 Å². The summed E-state index contributed by atoms with van der Waals surface area (Å²) in [4.78, 5) is 0. The molecule has 14 heavy (non-hydrogen) atoms. The summed E-state index contributed by atoms with van der Waals surface area (Å²) in [5.74, 6) is 0. The van der Waals surface area contributed by atoms with Gasteiger partial charge in [0.1, 0.15) is 0 Å². The summed E-state index contributed by atoms with van der Waals surface area (Å²) in [6.45, 7) is 10.3. The minimum absolute atomic E-state index is 0.497. The average Bonchev–Trinajstić information content (AvgIpc) is 2.13. The fourth-order valence-electron chi connectivity index (χ4n) is 1.16. The molecule has 0 radical (unpaired) electrons. The van der Waals surface area contributed by atoms with E-state index < -0.39 is 0 Å². The molecule has 3 heteroatoms. The largest absolute Gasteiger partial charge is 0.319 e. The Morgan fingerprint density at radius 1 is 1.29 bits per heavy atom. The Kier molecular flexibility index (Phi) is 8.25. The van der Waals surface area contributed by atoms with E-state index in [1.54, 1.807) is 0 Å². The molecule has 0 aliphatic carbocycles. The molecule has 1 unspecified atom stereocenters. The molecule has 0 spiro atoms. The summed E-state index contributed by atoms with van der Waals surface area (Å²) in [5, 5.41) is 6.70. The fourth-order valence-corrected chi connectivity index (χ4v) is 1.91. The zero-order chi connectivity index (χ0) is 11.0. The Bertz CT molecular complexity index is 137. The van der Waals surface area contributed by atoms with Gasteiger partial charge in [-0.05, 0) is 25.4 Å². The number of halogens is 1. The van der Waals surface area contributed by atoms with E-state index in [0.717, 1.165) is 19.6 Å². The smallest absolute Gasteiger partial charge is 0.0359 e. The molecule has 1 atom stereocenters. The van der Waals surface area contributed by atoms with Crippen molar-refractivity contribution in [1.29, 1.82) is 0 Å². The lowest BCUT2D eigenvalue weighted by Crippen LogP contribution is -2.32. The molecule has 0 saturated carbocycles. The molecule has 0 aliphatic rings. The average molecular weight is 312 g/mol. The van der Waals surface area contributed by atoms with Crippen LogP contribution in [0, 0.1) is 5.41 Å². The van der Waals surface area contributed by atoms with Gasteiger partial charge in [0.2, 0.25) is 0 Å². The summed E-state index contributed by atoms with van der Waals surface area (Å²) in [7, 11) is 2.01. The Morgan fingerprint density at radius 3 is 2.43 bits per heavy atom. The fraction of sp³-hybridized carbons (Fsp3) is 1.00. The van der Waals surface area contributed by atoms with E-state index in [0.29, 0.717) is 9.34 Å². The second-order valence-electron chi connectivity index (χ2n) is 4.63. The SMILES string of the molecule is CCC(C)(C)CCNCC(I)CNC. The third-order valence-electron chi connectivity index (χ3n) is 2.73. The molecule has 86 valence electrons. The zero-order valence-corrected chi connectivity index (χ0v) is 12.1. The molecule has 0 heterocycles. The standard InChI is InChI=1S/C11H25IN2/c1-5-11(2,3)6-7-14-9-10(12)8-13-4/h10,13-14H,5-9H2,1-4H3. The second-order valence-corrected chi connectivity index (χ2v) is 6.39. The minimum atomic E-state index is 0.497. The van der Waals surface area contributed by atoms with E-state index in [4.69, 9.17) is 0 Å². The van der Waals surface area contributed by atoms with Crippen LogP contribution in [0.2, 0.25) is 0 Å². The summed E-state index contributed by atoms with van der Waals surface area (Å²) in [5.41, 5.74) is 0.497. The molecule has 0 aliphatic heterocycles. The number of hydrogen-bond acceptors (Lipinski definition) is 2. The Hall–Kier alpha value is 0.650. The van der Waals surface area contributed by atoms with Crippen LogP contribution >= 0.6 is 22.6 Å². The van der Waals surface area contributed by atoms with Crippen molar-refractivity contribution in [3.8, 4) is 0 Å². The van der Waals surface area contributed by atoms with Gasteiger partial charge in [-0.1, -0.05) is 49.8 Å². The van der Waals surface area contributed by atoms with Gasteiger partial charge in [-0.25, -0.2) is 0 Å². The van der Waals surface area contributed by atoms with Crippen molar-refractivity contribution >= 4 is 22.6 Å². The summed E-state index contributed by atoms with van der Waals surface area (Å²) in [6, 6.07) is 0. The first-order chi connectivity index (χ1) is 6.52. The van der Waals surface area contributed by atoms with Crippen LogP contribution in [0.1, 0.15) is 33.6 Å². The van der Waals surface area contributed by atoms with Crippen LogP contribution in [-0.4, -0.2) is 30.6 Å². The van der Waals surface area contributed by atoms with Gasteiger partial charge < -0.3 is 10.6 Å². The Balaban J connectivity index is 3.37. The first-order valence-corrected chi connectivity index (χ1v) is 6.76. The highest BCUT2D eigenvalue weighted by molar-refractivity contribution is 14.1. The van der Waals surface area contributed by atoms with Crippen molar-refractivity contribution in [2.75, 3.05) is 26.7 Å². The highest BCUT2D eigenvalue weighted by Crippen LogP contribution is 2.23. The number of rotatable bonds is 8. The van der Waals surface area contributed by atoms with E-state index in [2.05, 4.69) is 54.0 Å². The maximum Gasteiger partial charge on any atom is 0.0359 e. The van der Waals surface area contributed by atoms with Crippen LogP contribution in [0.4, 0.5) is 0 Å². The number of alkyl halides is 1. The summed E-state index contributed by atoms with van der Waals surface area (Å²) >= 11 is 2.49. The first-order valence-electron chi connectivity index (χ1n) is 5.51. The van der Waals surface area contributed by atoms with Crippen LogP contribution < -0.4 is 10.6 Å². The van der Waals surface area contributed by atoms with Crippen molar-refractivity contribution in [1.82, 2.24) is 10.6 Å². The lowest BCUT2D eigenvalue weighted by atomic mass is 9.87. The molecule has 0 bridgehead atoms. The van der Waals surface area contributed by atoms with Gasteiger partial charge in [-0.2, -0.15) is 0 Å². The van der Waals surface area contributed by atoms with Crippen LogP contribution in [0.25, 0.3) is 0 Å². The molecule has 0 aromatic carbocycles. The monoisotopic (exact) mass is 312 g/mol. The van der Waals surface area contributed by atoms with Crippen molar-refractivity contribution in [3.05, 3.63) is 0 Å². The van der Waals surface area contributed by atoms with E-state index >= 15 is 0 Å². The molecule has 2 nitrogen and oxygen atoms in total. The second kappa shape index (κ2) is 7.88. The van der Waals surface area contributed by atoms with E-state index in [1.165, 1.54) is 12.8 Å². The normalized spacial score (nSPS) is 14.4. The molecular formula is C11H25IN2. The third-order valence-corrected chi connectivity index (χ3v) is 3.61. The highest BCUT2D eigenvalue weighted by Gasteiger charge is 2.13. The topological polar surface area (TPSA) is 24.1 Å². The van der Waals surface area contributed by atoms with Gasteiger partial charge >= 0.3 is 0 Å². The number of hydrogen-bond donors (Lipinski definition) is 2. The van der Waals surface area contributed by atoms with Crippen LogP contribution in [0.3, 0.4) is 0 Å². The number of nitrogens with one attached hydrogen (secondary N) is 2. The molecule has 2 N–H and O–H groups in total. The van der Waals surface area contributed by atoms with Gasteiger partial charge in [0.15, 0.2) is 0 Å². The van der Waals surface area contributed by atoms with Gasteiger partial charge in [-0.15, -0.1) is 0 Å².